The Hall–Kier alpha value is -3.75. The van der Waals surface area contributed by atoms with Gasteiger partial charge in [0, 0.05) is 43.2 Å². The maximum Gasteiger partial charge on any atom is 0.251 e. The number of nitrogens with zero attached hydrogens (tertiary/aromatic N) is 4. The van der Waals surface area contributed by atoms with Crippen molar-refractivity contribution in [2.75, 3.05) is 45.7 Å². The van der Waals surface area contributed by atoms with Crippen molar-refractivity contribution in [1.82, 2.24) is 24.8 Å². The van der Waals surface area contributed by atoms with Gasteiger partial charge in [0.25, 0.3) is 5.91 Å². The fourth-order valence-corrected chi connectivity index (χ4v) is 3.84. The van der Waals surface area contributed by atoms with Crippen LogP contribution in [0.4, 0.5) is 11.6 Å². The molecular weight excluding hydrogens is 440 g/mol. The minimum absolute atomic E-state index is 0.0789. The first-order valence-electron chi connectivity index (χ1n) is 11.8. The maximum atomic E-state index is 12.5. The van der Waals surface area contributed by atoms with E-state index in [2.05, 4.69) is 45.8 Å². The number of hydrogen-bond donors (Lipinski definition) is 2. The van der Waals surface area contributed by atoms with E-state index in [1.807, 2.05) is 43.6 Å². The zero-order valence-corrected chi connectivity index (χ0v) is 20.5. The molecule has 2 aromatic carbocycles. The van der Waals surface area contributed by atoms with E-state index in [4.69, 9.17) is 9.72 Å². The molecule has 0 spiro atoms. The van der Waals surface area contributed by atoms with Gasteiger partial charge in [-0.25, -0.2) is 4.52 Å². The summed E-state index contributed by atoms with van der Waals surface area (Å²) >= 11 is 0. The van der Waals surface area contributed by atoms with Crippen molar-refractivity contribution in [3.05, 3.63) is 78.0 Å². The molecule has 0 aliphatic rings. The number of anilines is 2. The van der Waals surface area contributed by atoms with Crippen LogP contribution in [0.2, 0.25) is 0 Å². The molecule has 8 heteroatoms. The van der Waals surface area contributed by atoms with Crippen molar-refractivity contribution in [1.29, 1.82) is 0 Å². The number of fused-ring (bicyclic) bond motifs is 1. The number of aromatic nitrogens is 3. The molecule has 1 amide bonds. The van der Waals surface area contributed by atoms with Gasteiger partial charge in [-0.1, -0.05) is 29.8 Å². The van der Waals surface area contributed by atoms with Crippen LogP contribution in [0, 0.1) is 6.92 Å². The number of nitrogens with one attached hydrogen (secondary N) is 2. The highest BCUT2D eigenvalue weighted by atomic mass is 16.5. The van der Waals surface area contributed by atoms with Crippen LogP contribution in [0.15, 0.2) is 66.9 Å². The van der Waals surface area contributed by atoms with E-state index < -0.39 is 0 Å². The second-order valence-corrected chi connectivity index (χ2v) is 8.60. The van der Waals surface area contributed by atoms with Crippen LogP contribution in [0.5, 0.6) is 0 Å². The fourth-order valence-electron chi connectivity index (χ4n) is 3.84. The van der Waals surface area contributed by atoms with Crippen molar-refractivity contribution >= 4 is 23.2 Å². The SMILES string of the molecule is COCCN(C)CCCNC(=O)c1ccc(Nc2nc3c(-c4cccc(C)c4)cccn3n2)cc1. The Morgan fingerprint density at radius 2 is 1.91 bits per heavy atom. The lowest BCUT2D eigenvalue weighted by Crippen LogP contribution is -2.29. The maximum absolute atomic E-state index is 12.5. The number of benzene rings is 2. The van der Waals surface area contributed by atoms with E-state index in [-0.39, 0.29) is 5.91 Å². The fraction of sp³-hybridized carbons (Fsp3) is 0.296. The van der Waals surface area contributed by atoms with Crippen LogP contribution in [0.1, 0.15) is 22.3 Å². The van der Waals surface area contributed by atoms with Gasteiger partial charge in [0.05, 0.1) is 6.61 Å². The van der Waals surface area contributed by atoms with Crippen molar-refractivity contribution in [2.24, 2.45) is 0 Å². The highest BCUT2D eigenvalue weighted by Gasteiger charge is 2.11. The lowest BCUT2D eigenvalue weighted by atomic mass is 10.1. The molecule has 2 N–H and O–H groups in total. The summed E-state index contributed by atoms with van der Waals surface area (Å²) in [6.07, 6.45) is 2.77. The van der Waals surface area contributed by atoms with Crippen LogP contribution in [0.25, 0.3) is 16.8 Å². The standard InChI is InChI=1S/C27H32N6O2/c1-20-7-4-8-22(19-20)24-9-5-16-33-25(24)30-27(31-33)29-23-12-10-21(11-13-23)26(34)28-14-6-15-32(2)17-18-35-3/h4-5,7-13,16,19H,6,14-15,17-18H2,1-3H3,(H,28,34)(H,29,31). The lowest BCUT2D eigenvalue weighted by Gasteiger charge is -2.15. The van der Waals surface area contributed by atoms with Gasteiger partial charge < -0.3 is 20.3 Å². The number of rotatable bonds is 11. The third-order valence-electron chi connectivity index (χ3n) is 5.77. The summed E-state index contributed by atoms with van der Waals surface area (Å²) in [6, 6.07) is 19.7. The van der Waals surface area contributed by atoms with Crippen molar-refractivity contribution in [3.8, 4) is 11.1 Å². The van der Waals surface area contributed by atoms with Gasteiger partial charge in [-0.3, -0.25) is 4.79 Å². The Balaban J connectivity index is 1.36. The van der Waals surface area contributed by atoms with E-state index >= 15 is 0 Å². The number of ether oxygens (including phenoxy) is 1. The molecule has 0 saturated heterocycles. The molecule has 2 heterocycles. The molecule has 182 valence electrons. The first kappa shape index (κ1) is 24.4. The molecule has 0 saturated carbocycles. The summed E-state index contributed by atoms with van der Waals surface area (Å²) in [5.41, 5.74) is 5.54. The van der Waals surface area contributed by atoms with Crippen LogP contribution >= 0.6 is 0 Å². The van der Waals surface area contributed by atoms with Gasteiger partial charge in [0.2, 0.25) is 5.95 Å². The normalized spacial score (nSPS) is 11.2. The number of likely N-dealkylation sites (N-methyl/N-ethyl adjacent to an activating group) is 1. The number of methoxy groups -OCH3 is 1. The van der Waals surface area contributed by atoms with Gasteiger partial charge in [0.1, 0.15) is 0 Å². The molecule has 2 aromatic heterocycles. The Labute approximate surface area is 205 Å². The average molecular weight is 473 g/mol. The molecule has 0 atom stereocenters. The Bertz CT molecular complexity index is 1270. The average Bonchev–Trinajstić information content (AvgIpc) is 3.28. The van der Waals surface area contributed by atoms with Gasteiger partial charge in [-0.2, -0.15) is 4.98 Å². The van der Waals surface area contributed by atoms with Crippen LogP contribution in [0.3, 0.4) is 0 Å². The van der Waals surface area contributed by atoms with E-state index in [0.29, 0.717) is 24.7 Å². The topological polar surface area (TPSA) is 83.8 Å². The highest BCUT2D eigenvalue weighted by molar-refractivity contribution is 5.94. The molecular formula is C27H32N6O2. The van der Waals surface area contributed by atoms with Gasteiger partial charge in [0.15, 0.2) is 5.65 Å². The van der Waals surface area contributed by atoms with Crippen molar-refractivity contribution < 1.29 is 9.53 Å². The zero-order chi connectivity index (χ0) is 24.6. The van der Waals surface area contributed by atoms with E-state index in [0.717, 1.165) is 42.0 Å². The molecule has 0 aliphatic heterocycles. The summed E-state index contributed by atoms with van der Waals surface area (Å²) < 4.78 is 6.85. The third kappa shape index (κ3) is 6.44. The molecule has 35 heavy (non-hydrogen) atoms. The smallest absolute Gasteiger partial charge is 0.251 e. The van der Waals surface area contributed by atoms with Gasteiger partial charge in [-0.05, 0) is 68.9 Å². The predicted octanol–water partition coefficient (Wildman–Crippen LogP) is 4.15. The number of hydrogen-bond acceptors (Lipinski definition) is 6. The summed E-state index contributed by atoms with van der Waals surface area (Å²) in [4.78, 5) is 19.3. The van der Waals surface area contributed by atoms with E-state index in [1.54, 1.807) is 23.8 Å². The highest BCUT2D eigenvalue weighted by Crippen LogP contribution is 2.25. The zero-order valence-electron chi connectivity index (χ0n) is 20.5. The molecule has 0 radical (unpaired) electrons. The first-order valence-corrected chi connectivity index (χ1v) is 11.8. The predicted molar refractivity (Wildman–Crippen MR) is 139 cm³/mol. The Morgan fingerprint density at radius 1 is 1.09 bits per heavy atom. The molecule has 0 bridgehead atoms. The van der Waals surface area contributed by atoms with Crippen LogP contribution < -0.4 is 10.6 Å². The second-order valence-electron chi connectivity index (χ2n) is 8.60. The Kier molecular flexibility index (Phi) is 8.07. The van der Waals surface area contributed by atoms with E-state index in [1.165, 1.54) is 5.56 Å². The first-order chi connectivity index (χ1) is 17.0. The largest absolute Gasteiger partial charge is 0.383 e. The minimum Gasteiger partial charge on any atom is -0.383 e. The van der Waals surface area contributed by atoms with Crippen LogP contribution in [-0.2, 0) is 4.74 Å². The second kappa shape index (κ2) is 11.6. The monoisotopic (exact) mass is 472 g/mol. The molecule has 4 aromatic rings. The van der Waals surface area contributed by atoms with Crippen molar-refractivity contribution in [2.45, 2.75) is 13.3 Å². The summed E-state index contributed by atoms with van der Waals surface area (Å²) in [7, 11) is 3.75. The molecule has 4 rings (SSSR count). The summed E-state index contributed by atoms with van der Waals surface area (Å²) in [6.45, 7) is 5.21. The van der Waals surface area contributed by atoms with E-state index in [9.17, 15) is 4.79 Å². The molecule has 0 aliphatic carbocycles. The molecule has 0 fully saturated rings. The number of aryl methyl sites for hydroxylation is 1. The summed E-state index contributed by atoms with van der Waals surface area (Å²) in [5.74, 6) is 0.421. The van der Waals surface area contributed by atoms with Crippen molar-refractivity contribution in [3.63, 3.8) is 0 Å². The number of pyridine rings is 1. The van der Waals surface area contributed by atoms with Crippen LogP contribution in [-0.4, -0.2) is 65.8 Å². The Morgan fingerprint density at radius 3 is 2.69 bits per heavy atom. The summed E-state index contributed by atoms with van der Waals surface area (Å²) in [5, 5.41) is 10.8. The lowest BCUT2D eigenvalue weighted by molar-refractivity contribution is 0.0951. The number of amides is 1. The molecule has 0 unspecified atom stereocenters. The molecule has 8 nitrogen and oxygen atoms in total. The number of carbonyl (C=O) groups is 1. The number of carbonyl (C=O) groups excluding carboxylic acids is 1. The quantitative estimate of drug-likeness (QED) is 0.319. The van der Waals surface area contributed by atoms with Gasteiger partial charge >= 0.3 is 0 Å². The minimum atomic E-state index is -0.0789. The third-order valence-corrected chi connectivity index (χ3v) is 5.77. The van der Waals surface area contributed by atoms with Gasteiger partial charge in [-0.15, -0.1) is 5.10 Å².